The maximum absolute atomic E-state index is 4.62. The van der Waals surface area contributed by atoms with Gasteiger partial charge in [0.25, 0.3) is 0 Å². The Kier molecular flexibility index (Phi) is 6.45. The predicted molar refractivity (Wildman–Crippen MR) is 114 cm³/mol. The second-order valence-electron chi connectivity index (χ2n) is 7.46. The molecule has 0 aliphatic heterocycles. The fourth-order valence-electron chi connectivity index (χ4n) is 3.33. The van der Waals surface area contributed by atoms with Crippen LogP contribution in [0.4, 0.5) is 0 Å². The molecule has 0 aliphatic carbocycles. The molecule has 4 aromatic rings. The third-order valence-corrected chi connectivity index (χ3v) is 5.02. The van der Waals surface area contributed by atoms with E-state index in [1.54, 1.807) is 0 Å². The molecular formula is C26H22N2Pt. The molecule has 2 nitrogen and oxygen atoms in total. The summed E-state index contributed by atoms with van der Waals surface area (Å²) in [5, 5.41) is 0. The molecule has 0 aliphatic rings. The zero-order valence-electron chi connectivity index (χ0n) is 16.7. The van der Waals surface area contributed by atoms with Crippen LogP contribution in [0.2, 0.25) is 0 Å². The van der Waals surface area contributed by atoms with Crippen molar-refractivity contribution in [2.75, 3.05) is 0 Å². The van der Waals surface area contributed by atoms with Gasteiger partial charge >= 0.3 is 21.1 Å². The Morgan fingerprint density at radius 1 is 0.724 bits per heavy atom. The number of rotatable bonds is 4. The summed E-state index contributed by atoms with van der Waals surface area (Å²) in [5.41, 5.74) is 6.88. The SMILES string of the molecule is Cc1cccc(-c2[c-]c(-c3[c-]c(C(C)(C)c4ccccn4)ccc3)ccc2)n1.[Pt+2]. The fraction of sp³-hybridized carbons (Fsp3) is 0.154. The molecule has 2 aromatic carbocycles. The van der Waals surface area contributed by atoms with Crippen LogP contribution in [0.15, 0.2) is 79.0 Å². The topological polar surface area (TPSA) is 25.8 Å². The Morgan fingerprint density at radius 3 is 2.14 bits per heavy atom. The van der Waals surface area contributed by atoms with Gasteiger partial charge in [0.1, 0.15) is 0 Å². The summed E-state index contributed by atoms with van der Waals surface area (Å²) in [7, 11) is 0. The van der Waals surface area contributed by atoms with E-state index in [2.05, 4.69) is 72.3 Å². The van der Waals surface area contributed by atoms with E-state index in [0.717, 1.165) is 39.3 Å². The molecule has 2 aromatic heterocycles. The molecule has 0 unspecified atom stereocenters. The molecule has 3 heteroatoms. The quantitative estimate of drug-likeness (QED) is 0.286. The second kappa shape index (κ2) is 8.84. The number of aromatic nitrogens is 2. The summed E-state index contributed by atoms with van der Waals surface area (Å²) in [6, 6.07) is 31.7. The van der Waals surface area contributed by atoms with Gasteiger partial charge in [0.2, 0.25) is 0 Å². The largest absolute Gasteiger partial charge is 2.00 e. The van der Waals surface area contributed by atoms with Gasteiger partial charge in [0.05, 0.1) is 0 Å². The number of benzene rings is 2. The zero-order chi connectivity index (χ0) is 19.6. The third kappa shape index (κ3) is 4.54. The number of aryl methyl sites for hydroxylation is 1. The van der Waals surface area contributed by atoms with E-state index < -0.39 is 0 Å². The van der Waals surface area contributed by atoms with Crippen molar-refractivity contribution in [2.24, 2.45) is 0 Å². The van der Waals surface area contributed by atoms with Crippen molar-refractivity contribution in [2.45, 2.75) is 26.2 Å². The molecule has 29 heavy (non-hydrogen) atoms. The van der Waals surface area contributed by atoms with Crippen LogP contribution in [0.3, 0.4) is 0 Å². The molecule has 0 bridgehead atoms. The molecule has 146 valence electrons. The fourth-order valence-corrected chi connectivity index (χ4v) is 3.33. The minimum absolute atomic E-state index is 0. The van der Waals surface area contributed by atoms with Crippen LogP contribution < -0.4 is 0 Å². The van der Waals surface area contributed by atoms with E-state index in [0.29, 0.717) is 0 Å². The molecule has 2 heterocycles. The van der Waals surface area contributed by atoms with E-state index in [1.807, 2.05) is 49.5 Å². The van der Waals surface area contributed by atoms with Crippen molar-refractivity contribution in [3.8, 4) is 22.4 Å². The van der Waals surface area contributed by atoms with Crippen molar-refractivity contribution in [3.05, 3.63) is 108 Å². The van der Waals surface area contributed by atoms with Crippen LogP contribution in [0.25, 0.3) is 22.4 Å². The molecule has 0 N–H and O–H groups in total. The van der Waals surface area contributed by atoms with Crippen molar-refractivity contribution >= 4 is 0 Å². The molecule has 0 spiro atoms. The molecule has 0 amide bonds. The minimum Gasteiger partial charge on any atom is -0.292 e. The third-order valence-electron chi connectivity index (χ3n) is 5.02. The number of hydrogen-bond acceptors (Lipinski definition) is 2. The summed E-state index contributed by atoms with van der Waals surface area (Å²) >= 11 is 0. The summed E-state index contributed by atoms with van der Waals surface area (Å²) in [6.07, 6.45) is 1.84. The van der Waals surface area contributed by atoms with Crippen LogP contribution in [0, 0.1) is 19.1 Å². The molecule has 0 atom stereocenters. The number of hydrogen-bond donors (Lipinski definition) is 0. The maximum atomic E-state index is 4.62. The number of nitrogens with zero attached hydrogens (tertiary/aromatic N) is 2. The van der Waals surface area contributed by atoms with Crippen LogP contribution in [0.5, 0.6) is 0 Å². The Hall–Kier alpha value is -2.57. The monoisotopic (exact) mass is 557 g/mol. The normalized spacial score (nSPS) is 11.0. The maximum Gasteiger partial charge on any atom is 2.00 e. The Morgan fingerprint density at radius 2 is 1.41 bits per heavy atom. The van der Waals surface area contributed by atoms with Gasteiger partial charge in [-0.3, -0.25) is 9.97 Å². The van der Waals surface area contributed by atoms with Crippen molar-refractivity contribution < 1.29 is 21.1 Å². The van der Waals surface area contributed by atoms with Gasteiger partial charge < -0.3 is 0 Å². The van der Waals surface area contributed by atoms with Crippen LogP contribution >= 0.6 is 0 Å². The van der Waals surface area contributed by atoms with E-state index in [4.69, 9.17) is 0 Å². The number of pyridine rings is 2. The van der Waals surface area contributed by atoms with Crippen molar-refractivity contribution in [1.29, 1.82) is 0 Å². The smallest absolute Gasteiger partial charge is 0.292 e. The first-order valence-corrected chi connectivity index (χ1v) is 9.45. The molecule has 0 radical (unpaired) electrons. The van der Waals surface area contributed by atoms with Gasteiger partial charge in [-0.2, -0.15) is 35.9 Å². The van der Waals surface area contributed by atoms with Crippen molar-refractivity contribution in [1.82, 2.24) is 9.97 Å². The molecule has 0 saturated heterocycles. The Bertz CT molecular complexity index is 1100. The summed E-state index contributed by atoms with van der Waals surface area (Å²) in [5.74, 6) is 0. The van der Waals surface area contributed by atoms with Crippen molar-refractivity contribution in [3.63, 3.8) is 0 Å². The molecule has 0 saturated carbocycles. The first-order chi connectivity index (χ1) is 13.5. The Labute approximate surface area is 187 Å². The average molecular weight is 558 g/mol. The first kappa shape index (κ1) is 21.1. The molecule has 4 rings (SSSR count). The van der Waals surface area contributed by atoms with Gasteiger partial charge in [0, 0.05) is 28.7 Å². The summed E-state index contributed by atoms with van der Waals surface area (Å²) < 4.78 is 0. The van der Waals surface area contributed by atoms with Crippen LogP contribution in [-0.2, 0) is 26.5 Å². The zero-order valence-corrected chi connectivity index (χ0v) is 19.0. The van der Waals surface area contributed by atoms with Gasteiger partial charge in [-0.15, -0.1) is 29.3 Å². The van der Waals surface area contributed by atoms with E-state index in [1.165, 1.54) is 0 Å². The average Bonchev–Trinajstić information content (AvgIpc) is 2.74. The van der Waals surface area contributed by atoms with E-state index >= 15 is 0 Å². The molecule has 0 fully saturated rings. The van der Waals surface area contributed by atoms with Gasteiger partial charge in [-0.25, -0.2) is 5.56 Å². The van der Waals surface area contributed by atoms with E-state index in [-0.39, 0.29) is 26.5 Å². The van der Waals surface area contributed by atoms with Gasteiger partial charge in [-0.1, -0.05) is 32.0 Å². The first-order valence-electron chi connectivity index (χ1n) is 9.45. The van der Waals surface area contributed by atoms with Gasteiger partial charge in [-0.05, 0) is 25.1 Å². The van der Waals surface area contributed by atoms with E-state index in [9.17, 15) is 0 Å². The molecular weight excluding hydrogens is 535 g/mol. The standard InChI is InChI=1S/C26H22N2.Pt/c1-19-9-6-14-24(28-19)22-12-7-10-20(17-22)21-11-8-13-23(18-21)26(2,3)25-15-4-5-16-27-25;/h4-16H,1-3H3;/q-2;+2. The Balaban J connectivity index is 0.00000240. The summed E-state index contributed by atoms with van der Waals surface area (Å²) in [6.45, 7) is 6.37. The van der Waals surface area contributed by atoms with Crippen LogP contribution in [0.1, 0.15) is 30.8 Å². The predicted octanol–water partition coefficient (Wildman–Crippen LogP) is 6.04. The second-order valence-corrected chi connectivity index (χ2v) is 7.46. The summed E-state index contributed by atoms with van der Waals surface area (Å²) in [4.78, 5) is 9.18. The minimum atomic E-state index is -0.229. The van der Waals surface area contributed by atoms with Gasteiger partial charge in [0.15, 0.2) is 0 Å². The van der Waals surface area contributed by atoms with Crippen LogP contribution in [-0.4, -0.2) is 9.97 Å².